The fourth-order valence-electron chi connectivity index (χ4n) is 1.59. The summed E-state index contributed by atoms with van der Waals surface area (Å²) in [7, 11) is 1.86. The van der Waals surface area contributed by atoms with Crippen LogP contribution in [-0.4, -0.2) is 24.7 Å². The predicted octanol–water partition coefficient (Wildman–Crippen LogP) is 3.44. The summed E-state index contributed by atoms with van der Waals surface area (Å²) in [5.74, 6) is -0.938. The van der Waals surface area contributed by atoms with Crippen molar-refractivity contribution in [1.82, 2.24) is 0 Å². The minimum absolute atomic E-state index is 0.274. The molecule has 1 rings (SSSR count). The maximum absolute atomic E-state index is 11.1. The SMILES string of the molecule is C=CCCCN(C)c1cc(Cl)ccc1C(=O)O. The Morgan fingerprint density at radius 2 is 2.29 bits per heavy atom. The number of carboxylic acids is 1. The fraction of sp³-hybridized carbons (Fsp3) is 0.308. The van der Waals surface area contributed by atoms with E-state index < -0.39 is 5.97 Å². The summed E-state index contributed by atoms with van der Waals surface area (Å²) in [5.41, 5.74) is 0.921. The van der Waals surface area contributed by atoms with Crippen LogP contribution in [0.3, 0.4) is 0 Å². The highest BCUT2D eigenvalue weighted by Gasteiger charge is 2.13. The van der Waals surface area contributed by atoms with Crippen LogP contribution in [0.2, 0.25) is 5.02 Å². The molecule has 0 heterocycles. The summed E-state index contributed by atoms with van der Waals surface area (Å²) in [6.45, 7) is 4.43. The van der Waals surface area contributed by atoms with E-state index in [1.807, 2.05) is 18.0 Å². The Morgan fingerprint density at radius 1 is 1.59 bits per heavy atom. The molecule has 0 atom stereocenters. The molecule has 0 radical (unpaired) electrons. The van der Waals surface area contributed by atoms with Crippen molar-refractivity contribution in [3.8, 4) is 0 Å². The van der Waals surface area contributed by atoms with Crippen molar-refractivity contribution in [1.29, 1.82) is 0 Å². The Morgan fingerprint density at radius 3 is 2.88 bits per heavy atom. The highest BCUT2D eigenvalue weighted by atomic mass is 35.5. The van der Waals surface area contributed by atoms with Crippen LogP contribution in [0, 0.1) is 0 Å². The molecule has 0 aliphatic rings. The number of hydrogen-bond acceptors (Lipinski definition) is 2. The number of carboxylic acid groups (broad SMARTS) is 1. The van der Waals surface area contributed by atoms with Crippen molar-refractivity contribution < 1.29 is 9.90 Å². The molecule has 0 unspecified atom stereocenters. The third-order valence-corrected chi connectivity index (χ3v) is 2.74. The number of nitrogens with zero attached hydrogens (tertiary/aromatic N) is 1. The van der Waals surface area contributed by atoms with E-state index in [1.165, 1.54) is 6.07 Å². The van der Waals surface area contributed by atoms with Gasteiger partial charge in [-0.15, -0.1) is 6.58 Å². The number of benzene rings is 1. The number of carbonyl (C=O) groups is 1. The molecule has 0 aliphatic carbocycles. The summed E-state index contributed by atoms with van der Waals surface area (Å²) in [5, 5.41) is 9.63. The molecule has 0 aliphatic heterocycles. The highest BCUT2D eigenvalue weighted by molar-refractivity contribution is 6.31. The van der Waals surface area contributed by atoms with E-state index in [0.29, 0.717) is 10.7 Å². The summed E-state index contributed by atoms with van der Waals surface area (Å²) in [6.07, 6.45) is 3.70. The first kappa shape index (κ1) is 13.6. The minimum atomic E-state index is -0.938. The largest absolute Gasteiger partial charge is 0.478 e. The maximum Gasteiger partial charge on any atom is 0.337 e. The Labute approximate surface area is 106 Å². The molecular formula is C13H16ClNO2. The molecule has 4 heteroatoms. The molecule has 17 heavy (non-hydrogen) atoms. The van der Waals surface area contributed by atoms with E-state index >= 15 is 0 Å². The van der Waals surface area contributed by atoms with E-state index in [0.717, 1.165) is 19.4 Å². The number of hydrogen-bond donors (Lipinski definition) is 1. The first-order chi connectivity index (χ1) is 8.06. The van der Waals surface area contributed by atoms with E-state index in [2.05, 4.69) is 6.58 Å². The lowest BCUT2D eigenvalue weighted by Crippen LogP contribution is -2.21. The van der Waals surface area contributed by atoms with Gasteiger partial charge in [0.2, 0.25) is 0 Å². The third-order valence-electron chi connectivity index (χ3n) is 2.50. The lowest BCUT2D eigenvalue weighted by Gasteiger charge is -2.21. The van der Waals surface area contributed by atoms with Crippen molar-refractivity contribution >= 4 is 23.3 Å². The summed E-state index contributed by atoms with van der Waals surface area (Å²) < 4.78 is 0. The molecule has 0 spiro atoms. The number of allylic oxidation sites excluding steroid dienone is 1. The second kappa shape index (κ2) is 6.30. The number of anilines is 1. The first-order valence-corrected chi connectivity index (χ1v) is 5.79. The summed E-state index contributed by atoms with van der Waals surface area (Å²) >= 11 is 5.89. The van der Waals surface area contributed by atoms with Gasteiger partial charge in [-0.1, -0.05) is 17.7 Å². The van der Waals surface area contributed by atoms with Gasteiger partial charge in [0.15, 0.2) is 0 Å². The monoisotopic (exact) mass is 253 g/mol. The second-order valence-electron chi connectivity index (χ2n) is 3.82. The topological polar surface area (TPSA) is 40.5 Å². The standard InChI is InChI=1S/C13H16ClNO2/c1-3-4-5-8-15(2)12-9-10(14)6-7-11(12)13(16)17/h3,6-7,9H,1,4-5,8H2,2H3,(H,16,17). The average molecular weight is 254 g/mol. The molecule has 1 aromatic rings. The molecular weight excluding hydrogens is 238 g/mol. The van der Waals surface area contributed by atoms with Crippen molar-refractivity contribution in [3.05, 3.63) is 41.4 Å². The summed E-state index contributed by atoms with van der Waals surface area (Å²) in [6, 6.07) is 4.80. The zero-order valence-corrected chi connectivity index (χ0v) is 10.6. The van der Waals surface area contributed by atoms with Crippen LogP contribution in [0.25, 0.3) is 0 Å². The van der Waals surface area contributed by atoms with Crippen LogP contribution in [0.15, 0.2) is 30.9 Å². The normalized spacial score (nSPS) is 10.0. The van der Waals surface area contributed by atoms with Gasteiger partial charge in [-0.3, -0.25) is 0 Å². The van der Waals surface area contributed by atoms with Crippen molar-refractivity contribution in [2.45, 2.75) is 12.8 Å². The van der Waals surface area contributed by atoms with Gasteiger partial charge in [0, 0.05) is 18.6 Å². The molecule has 0 amide bonds. The van der Waals surface area contributed by atoms with Crippen molar-refractivity contribution in [3.63, 3.8) is 0 Å². The van der Waals surface area contributed by atoms with Gasteiger partial charge in [0.05, 0.1) is 11.3 Å². The predicted molar refractivity (Wildman–Crippen MR) is 71.1 cm³/mol. The average Bonchev–Trinajstić information content (AvgIpc) is 2.28. The van der Waals surface area contributed by atoms with Crippen LogP contribution in [0.5, 0.6) is 0 Å². The van der Waals surface area contributed by atoms with Crippen molar-refractivity contribution in [2.75, 3.05) is 18.5 Å². The number of rotatable bonds is 6. The van der Waals surface area contributed by atoms with Crippen molar-refractivity contribution in [2.24, 2.45) is 0 Å². The third kappa shape index (κ3) is 3.79. The number of aromatic carboxylic acids is 1. The van der Waals surface area contributed by atoms with E-state index in [-0.39, 0.29) is 5.56 Å². The van der Waals surface area contributed by atoms with E-state index in [1.54, 1.807) is 12.1 Å². The maximum atomic E-state index is 11.1. The molecule has 0 saturated carbocycles. The van der Waals surface area contributed by atoms with Gasteiger partial charge >= 0.3 is 5.97 Å². The van der Waals surface area contributed by atoms with Gasteiger partial charge < -0.3 is 10.0 Å². The molecule has 0 bridgehead atoms. The van der Waals surface area contributed by atoms with Crippen LogP contribution in [0.1, 0.15) is 23.2 Å². The van der Waals surface area contributed by atoms with Crippen LogP contribution >= 0.6 is 11.6 Å². The first-order valence-electron chi connectivity index (χ1n) is 5.41. The molecule has 3 nitrogen and oxygen atoms in total. The lowest BCUT2D eigenvalue weighted by atomic mass is 10.1. The Hall–Kier alpha value is -1.48. The molecule has 0 saturated heterocycles. The van der Waals surface area contributed by atoms with Crippen LogP contribution < -0.4 is 4.90 Å². The minimum Gasteiger partial charge on any atom is -0.478 e. The quantitative estimate of drug-likeness (QED) is 0.624. The molecule has 1 aromatic carbocycles. The summed E-state index contributed by atoms with van der Waals surface area (Å²) in [4.78, 5) is 13.0. The zero-order chi connectivity index (χ0) is 12.8. The van der Waals surface area contributed by atoms with Gasteiger partial charge in [0.1, 0.15) is 0 Å². The van der Waals surface area contributed by atoms with Gasteiger partial charge in [-0.2, -0.15) is 0 Å². The second-order valence-corrected chi connectivity index (χ2v) is 4.26. The Balaban J connectivity index is 2.89. The Bertz CT molecular complexity index is 418. The fourth-order valence-corrected chi connectivity index (χ4v) is 1.76. The highest BCUT2D eigenvalue weighted by Crippen LogP contribution is 2.24. The lowest BCUT2D eigenvalue weighted by molar-refractivity contribution is 0.0697. The molecule has 92 valence electrons. The zero-order valence-electron chi connectivity index (χ0n) is 9.82. The number of halogens is 1. The van der Waals surface area contributed by atoms with Gasteiger partial charge in [-0.25, -0.2) is 4.79 Å². The van der Waals surface area contributed by atoms with E-state index in [9.17, 15) is 4.79 Å². The molecule has 0 aromatic heterocycles. The Kier molecular flexibility index (Phi) is 5.04. The van der Waals surface area contributed by atoms with Crippen LogP contribution in [-0.2, 0) is 0 Å². The van der Waals surface area contributed by atoms with Gasteiger partial charge in [0.25, 0.3) is 0 Å². The van der Waals surface area contributed by atoms with Gasteiger partial charge in [-0.05, 0) is 31.0 Å². The van der Waals surface area contributed by atoms with Crippen LogP contribution in [0.4, 0.5) is 5.69 Å². The smallest absolute Gasteiger partial charge is 0.337 e. The molecule has 0 fully saturated rings. The molecule has 1 N–H and O–H groups in total. The van der Waals surface area contributed by atoms with E-state index in [4.69, 9.17) is 16.7 Å². The number of unbranched alkanes of at least 4 members (excludes halogenated alkanes) is 1.